The van der Waals surface area contributed by atoms with Crippen LogP contribution in [0.15, 0.2) is 72.8 Å². The number of rotatable bonds is 17. The van der Waals surface area contributed by atoms with Crippen LogP contribution in [0.2, 0.25) is 0 Å². The number of aryl methyl sites for hydroxylation is 3. The molecule has 1 aromatic heterocycles. The van der Waals surface area contributed by atoms with Crippen LogP contribution in [0.5, 0.6) is 0 Å². The van der Waals surface area contributed by atoms with Crippen molar-refractivity contribution in [1.82, 2.24) is 4.90 Å². The highest BCUT2D eigenvalue weighted by molar-refractivity contribution is 7.17. The fraction of sp³-hybridized carbons (Fsp3) is 0.395. The molecule has 10 heteroatoms. The van der Waals surface area contributed by atoms with Crippen LogP contribution in [-0.4, -0.2) is 55.0 Å². The van der Waals surface area contributed by atoms with Crippen molar-refractivity contribution >= 4 is 45.8 Å². The molecule has 0 saturated heterocycles. The second kappa shape index (κ2) is 18.3. The van der Waals surface area contributed by atoms with Crippen molar-refractivity contribution in [3.8, 4) is 0 Å². The number of nitrogens with one attached hydrogen (secondary N) is 2. The third-order valence-electron chi connectivity index (χ3n) is 9.93. The number of carbonyl (C=O) groups excluding carboxylic acids is 4. The van der Waals surface area contributed by atoms with E-state index in [1.54, 1.807) is 12.1 Å². The van der Waals surface area contributed by atoms with E-state index in [4.69, 9.17) is 9.47 Å². The molecule has 9 nitrogen and oxygen atoms in total. The van der Waals surface area contributed by atoms with Gasteiger partial charge in [0.1, 0.15) is 5.00 Å². The number of methoxy groups -OCH3 is 1. The summed E-state index contributed by atoms with van der Waals surface area (Å²) in [5.74, 6) is -0.924. The third-order valence-corrected chi connectivity index (χ3v) is 11.1. The quantitative estimate of drug-likeness (QED) is 0.0827. The first-order chi connectivity index (χ1) is 25.8. The monoisotopic (exact) mass is 735 g/mol. The lowest BCUT2D eigenvalue weighted by molar-refractivity contribution is -0.143. The fourth-order valence-corrected chi connectivity index (χ4v) is 8.21. The smallest absolute Gasteiger partial charge is 0.337 e. The summed E-state index contributed by atoms with van der Waals surface area (Å²) >= 11 is 1.52. The molecule has 0 aliphatic heterocycles. The lowest BCUT2D eigenvalue weighted by atomic mass is 9.95. The van der Waals surface area contributed by atoms with Crippen LogP contribution in [0.1, 0.15) is 110 Å². The zero-order chi connectivity index (χ0) is 37.2. The Balaban J connectivity index is 1.08. The van der Waals surface area contributed by atoms with Gasteiger partial charge in [0.05, 0.1) is 24.8 Å². The maximum absolute atomic E-state index is 13.9. The van der Waals surface area contributed by atoms with Crippen molar-refractivity contribution < 1.29 is 28.7 Å². The first-order valence-corrected chi connectivity index (χ1v) is 19.6. The van der Waals surface area contributed by atoms with Gasteiger partial charge in [0.25, 0.3) is 11.8 Å². The molecule has 4 aromatic rings. The van der Waals surface area contributed by atoms with Gasteiger partial charge in [0.15, 0.2) is 0 Å². The highest BCUT2D eigenvalue weighted by atomic mass is 32.1. The minimum atomic E-state index is -0.346. The van der Waals surface area contributed by atoms with Crippen molar-refractivity contribution in [3.05, 3.63) is 117 Å². The van der Waals surface area contributed by atoms with Crippen molar-refractivity contribution in [2.45, 2.75) is 90.1 Å². The zero-order valence-corrected chi connectivity index (χ0v) is 31.5. The predicted molar refractivity (Wildman–Crippen MR) is 209 cm³/mol. The molecule has 278 valence electrons. The Kier molecular flexibility index (Phi) is 13.1. The summed E-state index contributed by atoms with van der Waals surface area (Å²) < 4.78 is 9.85. The van der Waals surface area contributed by atoms with Crippen molar-refractivity contribution in [1.29, 1.82) is 0 Å². The number of nitrogens with zero attached hydrogens (tertiary/aromatic N) is 1. The second-order valence-electron chi connectivity index (χ2n) is 13.9. The van der Waals surface area contributed by atoms with Crippen LogP contribution < -0.4 is 10.6 Å². The minimum absolute atomic E-state index is 0.138. The van der Waals surface area contributed by atoms with Crippen molar-refractivity contribution in [3.63, 3.8) is 0 Å². The van der Waals surface area contributed by atoms with E-state index >= 15 is 0 Å². The Morgan fingerprint density at radius 2 is 1.53 bits per heavy atom. The second-order valence-corrected chi connectivity index (χ2v) is 15.0. The van der Waals surface area contributed by atoms with Gasteiger partial charge in [-0.25, -0.2) is 4.79 Å². The number of hydrogen-bond acceptors (Lipinski definition) is 8. The molecule has 0 atom stereocenters. The number of carbonyl (C=O) groups is 4. The van der Waals surface area contributed by atoms with Crippen LogP contribution in [0, 0.1) is 0 Å². The van der Waals surface area contributed by atoms with E-state index in [1.165, 1.54) is 36.2 Å². The number of fused-ring (bicyclic) bond motifs is 1. The molecule has 0 bridgehead atoms. The number of ether oxygens (including phenoxy) is 2. The molecule has 53 heavy (non-hydrogen) atoms. The zero-order valence-electron chi connectivity index (χ0n) is 30.7. The molecule has 0 unspecified atom stereocenters. The molecule has 1 saturated carbocycles. The number of thiophene rings is 1. The Bertz CT molecular complexity index is 1900. The van der Waals surface area contributed by atoms with E-state index in [9.17, 15) is 19.2 Å². The van der Waals surface area contributed by atoms with Gasteiger partial charge in [-0.2, -0.15) is 0 Å². The summed E-state index contributed by atoms with van der Waals surface area (Å²) in [5, 5.41) is 6.81. The Labute approximate surface area is 316 Å². The topological polar surface area (TPSA) is 114 Å². The van der Waals surface area contributed by atoms with E-state index < -0.39 is 0 Å². The standard InChI is InChI=1S/C43H49N3O6S/c1-3-52-38(47)13-6-7-26-46(35-24-25-35)28-31-9-8-10-33(27-31)40(48)45-42-39(36-11-4-5-12-37(36)53-42)41(49)44-34-22-18-30(19-23-34)15-14-29-16-20-32(21-17-29)43(50)51-2/h8-10,16-23,27,35H,3-7,11-15,24-26,28H2,1-2H3,(H,44,49)(H,45,48). The van der Waals surface area contributed by atoms with E-state index in [0.717, 1.165) is 86.7 Å². The normalized spacial score (nSPS) is 13.6. The molecule has 2 aliphatic rings. The number of hydrogen-bond donors (Lipinski definition) is 2. The average molecular weight is 736 g/mol. The molecule has 0 radical (unpaired) electrons. The molecular formula is C43H49N3O6S. The van der Waals surface area contributed by atoms with Crippen LogP contribution in [-0.2, 0) is 46.5 Å². The molecule has 6 rings (SSSR count). The van der Waals surface area contributed by atoms with Crippen molar-refractivity contribution in [2.24, 2.45) is 0 Å². The van der Waals surface area contributed by atoms with Gasteiger partial charge in [-0.1, -0.05) is 36.4 Å². The lowest BCUT2D eigenvalue weighted by Crippen LogP contribution is -2.27. The molecule has 1 fully saturated rings. The van der Waals surface area contributed by atoms with Gasteiger partial charge in [-0.05, 0) is 136 Å². The average Bonchev–Trinajstić information content (AvgIpc) is 3.96. The summed E-state index contributed by atoms with van der Waals surface area (Å²) in [6.07, 6.45) is 9.95. The van der Waals surface area contributed by atoms with E-state index in [-0.39, 0.29) is 23.8 Å². The number of amides is 2. The fourth-order valence-electron chi connectivity index (χ4n) is 6.93. The maximum atomic E-state index is 13.9. The number of benzene rings is 3. The van der Waals surface area contributed by atoms with Gasteiger partial charge in [-0.15, -0.1) is 11.3 Å². The third kappa shape index (κ3) is 10.4. The van der Waals surface area contributed by atoms with Gasteiger partial charge >= 0.3 is 11.9 Å². The summed E-state index contributed by atoms with van der Waals surface area (Å²) in [6, 6.07) is 23.6. The minimum Gasteiger partial charge on any atom is -0.466 e. The maximum Gasteiger partial charge on any atom is 0.337 e. The van der Waals surface area contributed by atoms with E-state index in [1.807, 2.05) is 61.5 Å². The van der Waals surface area contributed by atoms with Gasteiger partial charge in [0, 0.05) is 35.1 Å². The Morgan fingerprint density at radius 3 is 2.23 bits per heavy atom. The predicted octanol–water partition coefficient (Wildman–Crippen LogP) is 8.40. The number of anilines is 2. The molecule has 1 heterocycles. The van der Waals surface area contributed by atoms with E-state index in [2.05, 4.69) is 21.6 Å². The van der Waals surface area contributed by atoms with E-state index in [0.29, 0.717) is 46.4 Å². The Morgan fingerprint density at radius 1 is 0.811 bits per heavy atom. The van der Waals surface area contributed by atoms with Crippen LogP contribution in [0.4, 0.5) is 10.7 Å². The highest BCUT2D eigenvalue weighted by Crippen LogP contribution is 2.39. The number of unbranched alkanes of at least 4 members (excludes halogenated alkanes) is 1. The molecular weight excluding hydrogens is 687 g/mol. The number of esters is 2. The molecule has 2 aliphatic carbocycles. The highest BCUT2D eigenvalue weighted by Gasteiger charge is 2.29. The van der Waals surface area contributed by atoms with Gasteiger partial charge in [0.2, 0.25) is 0 Å². The summed E-state index contributed by atoms with van der Waals surface area (Å²) in [6.45, 7) is 3.88. The SMILES string of the molecule is CCOC(=O)CCCCN(Cc1cccc(C(=O)Nc2sc3c(c2C(=O)Nc2ccc(CCc4ccc(C(=O)OC)cc4)cc2)CCCC3)c1)C1CC1. The van der Waals surface area contributed by atoms with Gasteiger partial charge < -0.3 is 20.1 Å². The van der Waals surface area contributed by atoms with Gasteiger partial charge in [-0.3, -0.25) is 19.3 Å². The Hall–Kier alpha value is -4.80. The van der Waals surface area contributed by atoms with Crippen molar-refractivity contribution in [2.75, 3.05) is 30.9 Å². The summed E-state index contributed by atoms with van der Waals surface area (Å²) in [5.41, 5.74) is 6.73. The molecule has 3 aromatic carbocycles. The first-order valence-electron chi connectivity index (χ1n) is 18.8. The summed E-state index contributed by atoms with van der Waals surface area (Å²) in [7, 11) is 1.38. The molecule has 2 N–H and O–H groups in total. The van der Waals surface area contributed by atoms with Crippen LogP contribution in [0.3, 0.4) is 0 Å². The lowest BCUT2D eigenvalue weighted by Gasteiger charge is -2.22. The summed E-state index contributed by atoms with van der Waals surface area (Å²) in [4.78, 5) is 54.7. The first kappa shape index (κ1) is 37.9. The van der Waals surface area contributed by atoms with Crippen LogP contribution >= 0.6 is 11.3 Å². The molecule has 2 amide bonds. The largest absolute Gasteiger partial charge is 0.466 e. The molecule has 0 spiro atoms. The van der Waals surface area contributed by atoms with Crippen LogP contribution in [0.25, 0.3) is 0 Å².